The zero-order valence-corrected chi connectivity index (χ0v) is 9.90. The van der Waals surface area contributed by atoms with Crippen LogP contribution in [-0.4, -0.2) is 17.0 Å². The molecule has 1 N–H and O–H groups in total. The fourth-order valence-corrected chi connectivity index (χ4v) is 1.73. The molecule has 0 radical (unpaired) electrons. The highest BCUT2D eigenvalue weighted by Crippen LogP contribution is 2.18. The topological polar surface area (TPSA) is 37.8 Å². The molecule has 2 aromatic rings. The predicted molar refractivity (Wildman–Crippen MR) is 63.9 cm³/mol. The van der Waals surface area contributed by atoms with Gasteiger partial charge in [-0.3, -0.25) is 0 Å². The monoisotopic (exact) mass is 249 g/mol. The molecule has 0 bridgehead atoms. The molecule has 18 heavy (non-hydrogen) atoms. The Kier molecular flexibility index (Phi) is 3.94. The van der Waals surface area contributed by atoms with E-state index in [0.29, 0.717) is 17.8 Å². The zero-order chi connectivity index (χ0) is 13.0. The van der Waals surface area contributed by atoms with Crippen LogP contribution in [-0.2, 0) is 6.42 Å². The van der Waals surface area contributed by atoms with Gasteiger partial charge in [-0.25, -0.2) is 18.7 Å². The molecule has 0 aliphatic heterocycles. The summed E-state index contributed by atoms with van der Waals surface area (Å²) < 4.78 is 26.6. The molecule has 5 heteroatoms. The van der Waals surface area contributed by atoms with Crippen molar-refractivity contribution in [2.24, 2.45) is 0 Å². The van der Waals surface area contributed by atoms with E-state index < -0.39 is 11.6 Å². The third kappa shape index (κ3) is 2.87. The lowest BCUT2D eigenvalue weighted by atomic mass is 10.0. The smallest absolute Gasteiger partial charge is 0.145 e. The van der Waals surface area contributed by atoms with Gasteiger partial charge in [-0.15, -0.1) is 0 Å². The Morgan fingerprint density at radius 3 is 2.61 bits per heavy atom. The van der Waals surface area contributed by atoms with Gasteiger partial charge in [0.05, 0.1) is 6.04 Å². The number of benzene rings is 1. The minimum Gasteiger partial charge on any atom is -0.310 e. The van der Waals surface area contributed by atoms with Crippen LogP contribution in [0.2, 0.25) is 0 Å². The summed E-state index contributed by atoms with van der Waals surface area (Å²) in [5, 5.41) is 3.00. The van der Waals surface area contributed by atoms with Crippen molar-refractivity contribution in [3.05, 3.63) is 59.7 Å². The van der Waals surface area contributed by atoms with Crippen LogP contribution >= 0.6 is 0 Å². The number of rotatable bonds is 4. The van der Waals surface area contributed by atoms with Gasteiger partial charge in [0.2, 0.25) is 0 Å². The van der Waals surface area contributed by atoms with Gasteiger partial charge in [-0.2, -0.15) is 0 Å². The summed E-state index contributed by atoms with van der Waals surface area (Å²) in [5.41, 5.74) is 0.307. The number of likely N-dealkylation sites (N-methyl/N-ethyl adjacent to an activating group) is 1. The second-order valence-corrected chi connectivity index (χ2v) is 3.89. The fraction of sp³-hybridized carbons (Fsp3) is 0.231. The van der Waals surface area contributed by atoms with Crippen molar-refractivity contribution in [2.45, 2.75) is 12.5 Å². The number of nitrogens with one attached hydrogen (secondary N) is 1. The summed E-state index contributed by atoms with van der Waals surface area (Å²) in [7, 11) is 1.73. The Bertz CT molecular complexity index is 517. The number of hydrogen-bond donors (Lipinski definition) is 1. The van der Waals surface area contributed by atoms with Gasteiger partial charge in [-0.05, 0) is 43.3 Å². The molecule has 1 aromatic carbocycles. The summed E-state index contributed by atoms with van der Waals surface area (Å²) in [6.07, 6.45) is 3.54. The summed E-state index contributed by atoms with van der Waals surface area (Å²) in [5.74, 6) is -0.313. The van der Waals surface area contributed by atoms with Gasteiger partial charge >= 0.3 is 0 Å². The molecule has 0 spiro atoms. The van der Waals surface area contributed by atoms with Crippen LogP contribution in [0.4, 0.5) is 8.78 Å². The molecule has 0 saturated heterocycles. The van der Waals surface area contributed by atoms with Crippen LogP contribution in [0.1, 0.15) is 17.4 Å². The lowest BCUT2D eigenvalue weighted by molar-refractivity contribution is 0.525. The first kappa shape index (κ1) is 12.6. The van der Waals surface area contributed by atoms with Gasteiger partial charge < -0.3 is 5.32 Å². The summed E-state index contributed by atoms with van der Waals surface area (Å²) in [4.78, 5) is 8.22. The molecule has 94 valence electrons. The molecule has 1 atom stereocenters. The number of aromatic nitrogens is 2. The highest BCUT2D eigenvalue weighted by molar-refractivity contribution is 5.20. The molecule has 0 aliphatic carbocycles. The largest absolute Gasteiger partial charge is 0.310 e. The second kappa shape index (κ2) is 5.64. The van der Waals surface area contributed by atoms with E-state index in [4.69, 9.17) is 0 Å². The van der Waals surface area contributed by atoms with Crippen LogP contribution in [0.15, 0.2) is 36.7 Å². The molecule has 1 unspecified atom stereocenters. The summed E-state index contributed by atoms with van der Waals surface area (Å²) in [6.45, 7) is 0. The van der Waals surface area contributed by atoms with Crippen LogP contribution in [0.25, 0.3) is 0 Å². The SMILES string of the molecule is CNC(Cc1cc(F)ccc1F)c1ncccn1. The molecule has 3 nitrogen and oxygen atoms in total. The van der Waals surface area contributed by atoms with Gasteiger partial charge in [0.15, 0.2) is 0 Å². The Labute approximate surface area is 104 Å². The lowest BCUT2D eigenvalue weighted by Crippen LogP contribution is -2.21. The maximum atomic E-state index is 13.5. The minimum absolute atomic E-state index is 0.248. The van der Waals surface area contributed by atoms with Crippen molar-refractivity contribution in [1.29, 1.82) is 0 Å². The highest BCUT2D eigenvalue weighted by atomic mass is 19.1. The molecule has 0 saturated carbocycles. The van der Waals surface area contributed by atoms with Crippen molar-refractivity contribution in [2.75, 3.05) is 7.05 Å². The van der Waals surface area contributed by atoms with Crippen molar-refractivity contribution in [3.8, 4) is 0 Å². The van der Waals surface area contributed by atoms with E-state index in [9.17, 15) is 8.78 Å². The van der Waals surface area contributed by atoms with Crippen LogP contribution in [0, 0.1) is 11.6 Å². The molecule has 0 amide bonds. The number of hydrogen-bond acceptors (Lipinski definition) is 3. The molecule has 0 aliphatic rings. The predicted octanol–water partition coefficient (Wildman–Crippen LogP) is 2.26. The maximum Gasteiger partial charge on any atom is 0.145 e. The van der Waals surface area contributed by atoms with Crippen LogP contribution in [0.5, 0.6) is 0 Å². The van der Waals surface area contributed by atoms with Crippen molar-refractivity contribution < 1.29 is 8.78 Å². The molecular formula is C13H13F2N3. The van der Waals surface area contributed by atoms with Crippen molar-refractivity contribution >= 4 is 0 Å². The van der Waals surface area contributed by atoms with Gasteiger partial charge in [0, 0.05) is 12.4 Å². The highest BCUT2D eigenvalue weighted by Gasteiger charge is 2.15. The average Bonchev–Trinajstić information content (AvgIpc) is 2.41. The standard InChI is InChI=1S/C13H13F2N3/c1-16-12(13-17-5-2-6-18-13)8-9-7-10(14)3-4-11(9)15/h2-7,12,16H,8H2,1H3. The molecular weight excluding hydrogens is 236 g/mol. The van der Waals surface area contributed by atoms with E-state index in [1.807, 2.05) is 0 Å². The summed E-state index contributed by atoms with van der Waals surface area (Å²) in [6, 6.07) is 4.89. The second-order valence-electron chi connectivity index (χ2n) is 3.89. The molecule has 1 aromatic heterocycles. The first-order valence-electron chi connectivity index (χ1n) is 5.59. The Hall–Kier alpha value is -1.88. The van der Waals surface area contributed by atoms with Gasteiger partial charge in [0.25, 0.3) is 0 Å². The fourth-order valence-electron chi connectivity index (χ4n) is 1.73. The average molecular weight is 249 g/mol. The van der Waals surface area contributed by atoms with E-state index >= 15 is 0 Å². The minimum atomic E-state index is -0.449. The van der Waals surface area contributed by atoms with E-state index in [2.05, 4.69) is 15.3 Å². The van der Waals surface area contributed by atoms with Crippen LogP contribution in [0.3, 0.4) is 0 Å². The van der Waals surface area contributed by atoms with Crippen LogP contribution < -0.4 is 5.32 Å². The van der Waals surface area contributed by atoms with E-state index in [0.717, 1.165) is 12.1 Å². The maximum absolute atomic E-state index is 13.5. The number of halogens is 2. The quantitative estimate of drug-likeness (QED) is 0.903. The Balaban J connectivity index is 2.23. The Morgan fingerprint density at radius 2 is 1.94 bits per heavy atom. The first-order chi connectivity index (χ1) is 8.70. The third-order valence-corrected chi connectivity index (χ3v) is 2.68. The molecule has 0 fully saturated rings. The molecule has 1 heterocycles. The first-order valence-corrected chi connectivity index (χ1v) is 5.59. The van der Waals surface area contributed by atoms with E-state index in [1.165, 1.54) is 6.07 Å². The Morgan fingerprint density at radius 1 is 1.22 bits per heavy atom. The van der Waals surface area contributed by atoms with Gasteiger partial charge in [0.1, 0.15) is 17.5 Å². The third-order valence-electron chi connectivity index (χ3n) is 2.68. The van der Waals surface area contributed by atoms with E-state index in [-0.39, 0.29) is 6.04 Å². The van der Waals surface area contributed by atoms with Crippen molar-refractivity contribution in [3.63, 3.8) is 0 Å². The number of nitrogens with zero attached hydrogens (tertiary/aromatic N) is 2. The molecule has 2 rings (SSSR count). The zero-order valence-electron chi connectivity index (χ0n) is 9.90. The van der Waals surface area contributed by atoms with Crippen molar-refractivity contribution in [1.82, 2.24) is 15.3 Å². The normalized spacial score (nSPS) is 12.4. The summed E-state index contributed by atoms with van der Waals surface area (Å²) >= 11 is 0. The van der Waals surface area contributed by atoms with E-state index in [1.54, 1.807) is 25.5 Å². The lowest BCUT2D eigenvalue weighted by Gasteiger charge is -2.14. The van der Waals surface area contributed by atoms with Gasteiger partial charge in [-0.1, -0.05) is 0 Å².